The maximum absolute atomic E-state index is 13.3. The molecule has 14 heavy (non-hydrogen) atoms. The van der Waals surface area contributed by atoms with Gasteiger partial charge in [0.25, 0.3) is 0 Å². The third-order valence-corrected chi connectivity index (χ3v) is 2.05. The minimum atomic E-state index is -0.661. The molecule has 0 aliphatic rings. The molecule has 0 amide bonds. The van der Waals surface area contributed by atoms with Crippen LogP contribution >= 0.6 is 0 Å². The summed E-state index contributed by atoms with van der Waals surface area (Å²) in [4.78, 5) is 14.0. The van der Waals surface area contributed by atoms with E-state index < -0.39 is 11.8 Å². The average molecular weight is 193 g/mol. The number of carbonyl (C=O) groups is 1. The highest BCUT2D eigenvalue weighted by molar-refractivity contribution is 5.94. The van der Waals surface area contributed by atoms with Gasteiger partial charge in [0.1, 0.15) is 5.82 Å². The van der Waals surface area contributed by atoms with E-state index in [1.54, 1.807) is 12.3 Å². The van der Waals surface area contributed by atoms with Crippen molar-refractivity contribution in [3.05, 3.63) is 35.8 Å². The molecule has 72 valence electrons. The van der Waals surface area contributed by atoms with Crippen molar-refractivity contribution in [3.63, 3.8) is 0 Å². The number of rotatable bonds is 1. The van der Waals surface area contributed by atoms with Gasteiger partial charge >= 0.3 is 5.97 Å². The van der Waals surface area contributed by atoms with Crippen LogP contribution in [0.15, 0.2) is 24.4 Å². The molecule has 0 saturated heterocycles. The summed E-state index contributed by atoms with van der Waals surface area (Å²) in [6.07, 6.45) is 1.69. The predicted molar refractivity (Wildman–Crippen MR) is 49.6 cm³/mol. The Hall–Kier alpha value is -1.84. The molecule has 0 saturated carbocycles. The summed E-state index contributed by atoms with van der Waals surface area (Å²) in [5.74, 6) is -1.24. The van der Waals surface area contributed by atoms with Gasteiger partial charge in [-0.15, -0.1) is 0 Å². The van der Waals surface area contributed by atoms with E-state index in [1.165, 1.54) is 19.2 Å². The summed E-state index contributed by atoms with van der Waals surface area (Å²) in [6, 6.07) is 4.51. The smallest absolute Gasteiger partial charge is 0.340 e. The van der Waals surface area contributed by atoms with Crippen molar-refractivity contribution >= 4 is 16.9 Å². The fraction of sp³-hybridized carbons (Fsp3) is 0.100. The van der Waals surface area contributed by atoms with Gasteiger partial charge in [-0.05, 0) is 18.2 Å². The highest BCUT2D eigenvalue weighted by Gasteiger charge is 2.13. The Morgan fingerprint density at radius 2 is 2.29 bits per heavy atom. The fourth-order valence-corrected chi connectivity index (χ4v) is 1.34. The Morgan fingerprint density at radius 1 is 1.50 bits per heavy atom. The number of aromatic nitrogens is 1. The number of hydrogen-bond acceptors (Lipinski definition) is 2. The Kier molecular flexibility index (Phi) is 1.96. The number of aromatic amines is 1. The second-order valence-corrected chi connectivity index (χ2v) is 2.89. The van der Waals surface area contributed by atoms with Gasteiger partial charge in [-0.1, -0.05) is 0 Å². The lowest BCUT2D eigenvalue weighted by Gasteiger charge is -2.00. The maximum Gasteiger partial charge on any atom is 0.340 e. The van der Waals surface area contributed by atoms with Crippen molar-refractivity contribution in [3.8, 4) is 0 Å². The molecule has 3 nitrogen and oxygen atoms in total. The van der Waals surface area contributed by atoms with Gasteiger partial charge in [0.05, 0.1) is 12.7 Å². The molecular weight excluding hydrogens is 185 g/mol. The predicted octanol–water partition coefficient (Wildman–Crippen LogP) is 2.09. The molecule has 0 atom stereocenters. The molecule has 0 spiro atoms. The van der Waals surface area contributed by atoms with Gasteiger partial charge < -0.3 is 9.72 Å². The Bertz CT molecular complexity index is 490. The molecule has 4 heteroatoms. The number of hydrogen-bond donors (Lipinski definition) is 1. The van der Waals surface area contributed by atoms with Gasteiger partial charge in [0, 0.05) is 17.1 Å². The van der Waals surface area contributed by atoms with Crippen molar-refractivity contribution in [2.24, 2.45) is 0 Å². The molecule has 2 rings (SSSR count). The number of methoxy groups -OCH3 is 1. The molecular formula is C10H8FNO2. The molecule has 0 fully saturated rings. The molecule has 0 unspecified atom stereocenters. The molecule has 0 aliphatic heterocycles. The fourth-order valence-electron chi connectivity index (χ4n) is 1.34. The average Bonchev–Trinajstić information content (AvgIpc) is 2.62. The highest BCUT2D eigenvalue weighted by atomic mass is 19.1. The van der Waals surface area contributed by atoms with E-state index in [1.807, 2.05) is 0 Å². The SMILES string of the molecule is COC(=O)c1cc2cc[nH]c2cc1F. The third kappa shape index (κ3) is 1.25. The number of ether oxygens (including phenoxy) is 1. The molecule has 1 aromatic heterocycles. The Balaban J connectivity index is 2.64. The first-order chi connectivity index (χ1) is 6.72. The van der Waals surface area contributed by atoms with Crippen LogP contribution in [0.5, 0.6) is 0 Å². The zero-order valence-corrected chi connectivity index (χ0v) is 7.50. The van der Waals surface area contributed by atoms with E-state index in [0.717, 1.165) is 5.39 Å². The lowest BCUT2D eigenvalue weighted by Crippen LogP contribution is -2.03. The van der Waals surface area contributed by atoms with Crippen LogP contribution in [0.1, 0.15) is 10.4 Å². The van der Waals surface area contributed by atoms with Gasteiger partial charge in [-0.25, -0.2) is 9.18 Å². The van der Waals surface area contributed by atoms with Crippen molar-refractivity contribution in [2.75, 3.05) is 7.11 Å². The quantitative estimate of drug-likeness (QED) is 0.704. The van der Waals surface area contributed by atoms with Crippen molar-refractivity contribution in [1.82, 2.24) is 4.98 Å². The first kappa shape index (κ1) is 8.74. The van der Waals surface area contributed by atoms with Crippen molar-refractivity contribution < 1.29 is 13.9 Å². The topological polar surface area (TPSA) is 42.1 Å². The second-order valence-electron chi connectivity index (χ2n) is 2.89. The summed E-state index contributed by atoms with van der Waals surface area (Å²) in [6.45, 7) is 0. The van der Waals surface area contributed by atoms with Crippen LogP contribution in [0.2, 0.25) is 0 Å². The zero-order valence-electron chi connectivity index (χ0n) is 7.50. The monoisotopic (exact) mass is 193 g/mol. The third-order valence-electron chi connectivity index (χ3n) is 2.05. The van der Waals surface area contributed by atoms with E-state index in [-0.39, 0.29) is 5.56 Å². The minimum Gasteiger partial charge on any atom is -0.465 e. The summed E-state index contributed by atoms with van der Waals surface area (Å²) in [7, 11) is 1.23. The van der Waals surface area contributed by atoms with E-state index >= 15 is 0 Å². The van der Waals surface area contributed by atoms with Gasteiger partial charge in [-0.3, -0.25) is 0 Å². The highest BCUT2D eigenvalue weighted by Crippen LogP contribution is 2.18. The van der Waals surface area contributed by atoms with E-state index in [2.05, 4.69) is 9.72 Å². The van der Waals surface area contributed by atoms with Gasteiger partial charge in [-0.2, -0.15) is 0 Å². The number of fused-ring (bicyclic) bond motifs is 1. The summed E-state index contributed by atoms with van der Waals surface area (Å²) < 4.78 is 17.8. The molecule has 0 bridgehead atoms. The van der Waals surface area contributed by atoms with Crippen molar-refractivity contribution in [1.29, 1.82) is 0 Å². The van der Waals surface area contributed by atoms with Crippen LogP contribution in [0.25, 0.3) is 10.9 Å². The number of esters is 1. The van der Waals surface area contributed by atoms with Gasteiger partial charge in [0.15, 0.2) is 0 Å². The first-order valence-electron chi connectivity index (χ1n) is 4.07. The number of nitrogens with one attached hydrogen (secondary N) is 1. The number of carbonyl (C=O) groups excluding carboxylic acids is 1. The molecule has 1 heterocycles. The standard InChI is InChI=1S/C10H8FNO2/c1-14-10(13)7-4-6-2-3-12-9(6)5-8(7)11/h2-5,12H,1H3. The largest absolute Gasteiger partial charge is 0.465 e. The summed E-state index contributed by atoms with van der Waals surface area (Å²) in [5, 5.41) is 0.784. The van der Waals surface area contributed by atoms with Crippen LogP contribution in [0.3, 0.4) is 0 Å². The summed E-state index contributed by atoms with van der Waals surface area (Å²) in [5.41, 5.74) is 0.620. The van der Waals surface area contributed by atoms with E-state index in [0.29, 0.717) is 5.52 Å². The second kappa shape index (κ2) is 3.14. The molecule has 0 aliphatic carbocycles. The lowest BCUT2D eigenvalue weighted by atomic mass is 10.1. The summed E-state index contributed by atoms with van der Waals surface area (Å²) >= 11 is 0. The lowest BCUT2D eigenvalue weighted by molar-refractivity contribution is 0.0596. The van der Waals surface area contributed by atoms with Gasteiger partial charge in [0.2, 0.25) is 0 Å². The van der Waals surface area contributed by atoms with E-state index in [9.17, 15) is 9.18 Å². The van der Waals surface area contributed by atoms with Crippen LogP contribution < -0.4 is 0 Å². The van der Waals surface area contributed by atoms with Crippen LogP contribution in [0, 0.1) is 5.82 Å². The number of halogens is 1. The Labute approximate surface area is 79.5 Å². The zero-order chi connectivity index (χ0) is 10.1. The Morgan fingerprint density at radius 3 is 3.00 bits per heavy atom. The van der Waals surface area contributed by atoms with Crippen LogP contribution in [-0.2, 0) is 4.74 Å². The van der Waals surface area contributed by atoms with Crippen molar-refractivity contribution in [2.45, 2.75) is 0 Å². The minimum absolute atomic E-state index is 0.0420. The molecule has 1 N–H and O–H groups in total. The number of benzene rings is 1. The first-order valence-corrected chi connectivity index (χ1v) is 4.07. The molecule has 1 aromatic carbocycles. The number of H-pyrrole nitrogens is 1. The molecule has 0 radical (unpaired) electrons. The van der Waals surface area contributed by atoms with Crippen LogP contribution in [-0.4, -0.2) is 18.1 Å². The maximum atomic E-state index is 13.3. The molecule has 2 aromatic rings. The normalized spacial score (nSPS) is 10.4. The van der Waals surface area contributed by atoms with E-state index in [4.69, 9.17) is 0 Å². The van der Waals surface area contributed by atoms with Crippen LogP contribution in [0.4, 0.5) is 4.39 Å².